The molecule has 0 atom stereocenters. The first kappa shape index (κ1) is 37.2. The molecule has 0 amide bonds. The van der Waals surface area contributed by atoms with Crippen molar-refractivity contribution in [1.82, 2.24) is 39.5 Å². The Morgan fingerprint density at radius 2 is 1.20 bits per heavy atom. The molecule has 0 saturated carbocycles. The summed E-state index contributed by atoms with van der Waals surface area (Å²) in [6.07, 6.45) is 6.62. The van der Waals surface area contributed by atoms with Gasteiger partial charge in [0.05, 0.1) is 90.5 Å². The van der Waals surface area contributed by atoms with E-state index >= 15 is 0 Å². The summed E-state index contributed by atoms with van der Waals surface area (Å²) in [6, 6.07) is 16.6. The number of benzene rings is 4. The predicted molar refractivity (Wildman–Crippen MR) is 203 cm³/mol. The number of methoxy groups -OCH3 is 2. The van der Waals surface area contributed by atoms with Gasteiger partial charge in [-0.2, -0.15) is 10.2 Å². The van der Waals surface area contributed by atoms with Crippen LogP contribution in [-0.2, 0) is 32.2 Å². The lowest BCUT2D eigenvalue weighted by Crippen LogP contribution is -2.14. The number of hydrogen-bond acceptors (Lipinski definition) is 12. The normalized spacial score (nSPS) is 11.1. The van der Waals surface area contributed by atoms with Crippen LogP contribution in [0.5, 0.6) is 11.5 Å². The van der Waals surface area contributed by atoms with E-state index in [4.69, 9.17) is 18.9 Å². The van der Waals surface area contributed by atoms with Gasteiger partial charge in [-0.05, 0) is 74.5 Å². The van der Waals surface area contributed by atoms with Crippen molar-refractivity contribution in [3.8, 4) is 34.0 Å². The molecule has 14 nitrogen and oxygen atoms in total. The van der Waals surface area contributed by atoms with E-state index in [1.807, 2.05) is 18.2 Å². The largest absolute Gasteiger partial charge is 0.494 e. The van der Waals surface area contributed by atoms with Crippen LogP contribution in [0.15, 0.2) is 85.5 Å². The van der Waals surface area contributed by atoms with E-state index in [9.17, 15) is 18.4 Å². The molecular weight excluding hydrogens is 726 g/mol. The zero-order chi connectivity index (χ0) is 39.3. The van der Waals surface area contributed by atoms with Crippen LogP contribution in [0.25, 0.3) is 66.4 Å². The lowest BCUT2D eigenvalue weighted by atomic mass is 10.1. The number of halogens is 2. The molecule has 4 aromatic carbocycles. The van der Waals surface area contributed by atoms with E-state index in [1.54, 1.807) is 73.6 Å². The van der Waals surface area contributed by atoms with Crippen molar-refractivity contribution in [2.24, 2.45) is 0 Å². The van der Waals surface area contributed by atoms with Crippen LogP contribution in [0, 0.1) is 11.6 Å². The Kier molecular flexibility index (Phi) is 10.7. The molecule has 4 heterocycles. The number of nitrogens with zero attached hydrogens (tertiary/aromatic N) is 8. The summed E-state index contributed by atoms with van der Waals surface area (Å²) in [5.74, 6) is -1.30. The lowest BCUT2D eigenvalue weighted by Gasteiger charge is -2.07. The molecule has 56 heavy (non-hydrogen) atoms. The minimum absolute atomic E-state index is 0.0135. The van der Waals surface area contributed by atoms with E-state index in [2.05, 4.69) is 30.1 Å². The maximum atomic E-state index is 14.0. The summed E-state index contributed by atoms with van der Waals surface area (Å²) < 4.78 is 50.9. The highest BCUT2D eigenvalue weighted by molar-refractivity contribution is 5.94. The fourth-order valence-electron chi connectivity index (χ4n) is 5.97. The second-order valence-electron chi connectivity index (χ2n) is 12.2. The lowest BCUT2D eigenvalue weighted by molar-refractivity contribution is -0.144. The van der Waals surface area contributed by atoms with Crippen molar-refractivity contribution in [3.63, 3.8) is 0 Å². The summed E-state index contributed by atoms with van der Waals surface area (Å²) in [6.45, 7) is 4.20. The SMILES string of the molecule is CCOC(=O)Cn1cc2cc3ncc(-c4ccc(OC)c(F)c4)nc3cc2n1.CCOC(=O)Cn1ncc2cc3ncc(-c4ccc(OC)c(F)c4)nc3cc21. The van der Waals surface area contributed by atoms with E-state index in [1.165, 1.54) is 31.0 Å². The molecule has 16 heteroatoms. The van der Waals surface area contributed by atoms with E-state index < -0.39 is 11.6 Å². The molecule has 4 aromatic heterocycles. The van der Waals surface area contributed by atoms with Gasteiger partial charge in [0, 0.05) is 28.1 Å². The zero-order valence-corrected chi connectivity index (χ0v) is 30.7. The molecule has 0 fully saturated rings. The summed E-state index contributed by atoms with van der Waals surface area (Å²) in [4.78, 5) is 41.5. The van der Waals surface area contributed by atoms with Gasteiger partial charge in [-0.3, -0.25) is 28.9 Å². The molecular formula is C40H34F2N8O6. The molecule has 0 radical (unpaired) electrons. The van der Waals surface area contributed by atoms with Crippen LogP contribution in [-0.4, -0.2) is 78.9 Å². The Hall–Kier alpha value is -7.10. The second-order valence-corrected chi connectivity index (χ2v) is 12.2. The van der Waals surface area contributed by atoms with Crippen LogP contribution in [0.1, 0.15) is 13.8 Å². The van der Waals surface area contributed by atoms with Gasteiger partial charge >= 0.3 is 11.9 Å². The number of aromatic nitrogens is 8. The average Bonchev–Trinajstić information content (AvgIpc) is 3.77. The number of ether oxygens (including phenoxy) is 4. The quantitative estimate of drug-likeness (QED) is 0.136. The minimum Gasteiger partial charge on any atom is -0.494 e. The summed E-state index contributed by atoms with van der Waals surface area (Å²) in [5, 5.41) is 10.3. The number of carbonyl (C=O) groups excluding carboxylic acids is 2. The smallest absolute Gasteiger partial charge is 0.327 e. The topological polar surface area (TPSA) is 158 Å². The van der Waals surface area contributed by atoms with Crippen LogP contribution in [0.2, 0.25) is 0 Å². The standard InChI is InChI=1S/2C20H17FN4O3/c1-3-28-20(26)11-25-10-13-7-16-17(8-15(13)24-25)23-18(9-22-16)12-4-5-19(27-2)14(21)6-12;1-3-28-20(26)11-25-18-8-16-15(7-13(18)9-23-25)22-10-17(24-16)12-4-5-19(27-2)14(21)6-12/h2*4-10H,3,11H2,1-2H3. The number of fused-ring (bicyclic) bond motifs is 4. The van der Waals surface area contributed by atoms with Gasteiger partial charge in [0.1, 0.15) is 13.1 Å². The van der Waals surface area contributed by atoms with Crippen LogP contribution in [0.4, 0.5) is 8.78 Å². The summed E-state index contributed by atoms with van der Waals surface area (Å²) >= 11 is 0. The first-order valence-electron chi connectivity index (χ1n) is 17.4. The Bertz CT molecular complexity index is 2740. The molecule has 8 rings (SSSR count). The van der Waals surface area contributed by atoms with Crippen molar-refractivity contribution in [1.29, 1.82) is 0 Å². The van der Waals surface area contributed by atoms with Crippen molar-refractivity contribution < 1.29 is 37.3 Å². The van der Waals surface area contributed by atoms with Crippen molar-refractivity contribution >= 4 is 55.8 Å². The van der Waals surface area contributed by atoms with Crippen LogP contribution in [0.3, 0.4) is 0 Å². The van der Waals surface area contributed by atoms with Gasteiger partial charge in [0.15, 0.2) is 23.1 Å². The molecule has 0 bridgehead atoms. The summed E-state index contributed by atoms with van der Waals surface area (Å²) in [7, 11) is 2.83. The Morgan fingerprint density at radius 1 is 0.643 bits per heavy atom. The van der Waals surface area contributed by atoms with Gasteiger partial charge in [0.2, 0.25) is 0 Å². The molecule has 0 unspecified atom stereocenters. The van der Waals surface area contributed by atoms with E-state index in [-0.39, 0.29) is 36.5 Å². The predicted octanol–water partition coefficient (Wildman–Crippen LogP) is 6.71. The third kappa shape index (κ3) is 7.89. The molecule has 0 aliphatic heterocycles. The highest BCUT2D eigenvalue weighted by atomic mass is 19.1. The van der Waals surface area contributed by atoms with Crippen molar-refractivity contribution in [3.05, 3.63) is 97.1 Å². The fourth-order valence-corrected chi connectivity index (χ4v) is 5.97. The van der Waals surface area contributed by atoms with Gasteiger partial charge in [-0.15, -0.1) is 0 Å². The Morgan fingerprint density at radius 3 is 1.75 bits per heavy atom. The van der Waals surface area contributed by atoms with E-state index in [0.717, 1.165) is 16.3 Å². The number of carbonyl (C=O) groups is 2. The molecule has 8 aromatic rings. The monoisotopic (exact) mass is 760 g/mol. The number of hydrogen-bond donors (Lipinski definition) is 0. The molecule has 0 spiro atoms. The van der Waals surface area contributed by atoms with E-state index in [0.29, 0.717) is 63.3 Å². The van der Waals surface area contributed by atoms with Gasteiger partial charge < -0.3 is 18.9 Å². The van der Waals surface area contributed by atoms with Crippen LogP contribution >= 0.6 is 0 Å². The maximum absolute atomic E-state index is 14.0. The number of rotatable bonds is 10. The van der Waals surface area contributed by atoms with Gasteiger partial charge in [-0.1, -0.05) is 0 Å². The second kappa shape index (κ2) is 16.1. The minimum atomic E-state index is -0.468. The maximum Gasteiger partial charge on any atom is 0.327 e. The molecule has 0 saturated heterocycles. The first-order chi connectivity index (χ1) is 27.2. The highest BCUT2D eigenvalue weighted by Crippen LogP contribution is 2.28. The molecule has 0 N–H and O–H groups in total. The molecule has 0 aliphatic rings. The zero-order valence-electron chi connectivity index (χ0n) is 30.7. The third-order valence-electron chi connectivity index (χ3n) is 8.60. The van der Waals surface area contributed by atoms with Gasteiger partial charge in [-0.25, -0.2) is 18.7 Å². The van der Waals surface area contributed by atoms with Crippen molar-refractivity contribution in [2.75, 3.05) is 27.4 Å². The van der Waals surface area contributed by atoms with Gasteiger partial charge in [0.25, 0.3) is 0 Å². The molecule has 284 valence electrons. The van der Waals surface area contributed by atoms with Crippen molar-refractivity contribution in [2.45, 2.75) is 26.9 Å². The van der Waals surface area contributed by atoms with Crippen LogP contribution < -0.4 is 9.47 Å². The third-order valence-corrected chi connectivity index (χ3v) is 8.60. The number of esters is 2. The fraction of sp³-hybridized carbons (Fsp3) is 0.200. The Labute approximate surface area is 317 Å². The Balaban J connectivity index is 0.000000172. The molecule has 0 aliphatic carbocycles. The highest BCUT2D eigenvalue weighted by Gasteiger charge is 2.14. The average molecular weight is 761 g/mol. The summed E-state index contributed by atoms with van der Waals surface area (Å²) in [5.41, 5.74) is 6.30. The first-order valence-corrected chi connectivity index (χ1v) is 17.4.